The monoisotopic (exact) mass is 464 g/mol. The summed E-state index contributed by atoms with van der Waals surface area (Å²) in [7, 11) is 0. The van der Waals surface area contributed by atoms with Crippen molar-refractivity contribution in [3.8, 4) is 5.82 Å². The summed E-state index contributed by atoms with van der Waals surface area (Å²) in [5, 5.41) is 9.47. The molecule has 0 aliphatic carbocycles. The van der Waals surface area contributed by atoms with Gasteiger partial charge in [-0.2, -0.15) is 9.78 Å². The molecule has 2 aromatic carbocycles. The maximum Gasteiger partial charge on any atom is 0.249 e. The van der Waals surface area contributed by atoms with Crippen LogP contribution in [0.3, 0.4) is 0 Å². The quantitative estimate of drug-likeness (QED) is 0.345. The molecule has 0 saturated carbocycles. The van der Waals surface area contributed by atoms with Gasteiger partial charge in [-0.3, -0.25) is 4.79 Å². The van der Waals surface area contributed by atoms with Crippen LogP contribution >= 0.6 is 23.2 Å². The maximum absolute atomic E-state index is 12.6. The lowest BCUT2D eigenvalue weighted by atomic mass is 10.0. The Labute approximate surface area is 196 Å². The smallest absolute Gasteiger partial charge is 0.249 e. The van der Waals surface area contributed by atoms with Crippen LogP contribution in [0.4, 0.5) is 5.82 Å². The van der Waals surface area contributed by atoms with Crippen molar-refractivity contribution in [2.24, 2.45) is 0 Å². The lowest BCUT2D eigenvalue weighted by Gasteiger charge is -2.12. The highest BCUT2D eigenvalue weighted by molar-refractivity contribution is 6.42. The third-order valence-corrected chi connectivity index (χ3v) is 5.85. The number of nitrogens with zero attached hydrogens (tertiary/aromatic N) is 3. The number of hydrogen-bond donors (Lipinski definition) is 1. The largest absolute Gasteiger partial charge is 0.307 e. The van der Waals surface area contributed by atoms with Crippen LogP contribution in [0.2, 0.25) is 10.0 Å². The second-order valence-corrected chi connectivity index (χ2v) is 8.67. The molecule has 0 spiro atoms. The van der Waals surface area contributed by atoms with Gasteiger partial charge < -0.3 is 5.32 Å². The van der Waals surface area contributed by atoms with E-state index in [1.54, 1.807) is 29.0 Å². The van der Waals surface area contributed by atoms with E-state index in [4.69, 9.17) is 28.2 Å². The van der Waals surface area contributed by atoms with Gasteiger partial charge in [0.1, 0.15) is 5.82 Å². The molecule has 0 saturated heterocycles. The van der Waals surface area contributed by atoms with Crippen LogP contribution in [-0.2, 0) is 4.79 Å². The molecule has 32 heavy (non-hydrogen) atoms. The minimum atomic E-state index is -0.290. The van der Waals surface area contributed by atoms with E-state index in [0.29, 0.717) is 21.7 Å². The molecule has 0 atom stereocenters. The molecule has 162 valence electrons. The molecule has 4 aromatic rings. The number of nitrogens with one attached hydrogen (secondary N) is 1. The molecular weight excluding hydrogens is 443 g/mol. The van der Waals surface area contributed by atoms with Crippen molar-refractivity contribution >= 4 is 51.9 Å². The van der Waals surface area contributed by atoms with E-state index < -0.39 is 0 Å². The van der Waals surface area contributed by atoms with E-state index >= 15 is 0 Å². The predicted molar refractivity (Wildman–Crippen MR) is 132 cm³/mol. The van der Waals surface area contributed by atoms with E-state index in [-0.39, 0.29) is 5.91 Å². The molecule has 5 nitrogen and oxygen atoms in total. The third-order valence-electron chi connectivity index (χ3n) is 5.11. The van der Waals surface area contributed by atoms with Crippen LogP contribution in [0, 0.1) is 27.7 Å². The van der Waals surface area contributed by atoms with Crippen LogP contribution in [0.1, 0.15) is 27.9 Å². The van der Waals surface area contributed by atoms with Crippen LogP contribution in [0.25, 0.3) is 22.8 Å². The summed E-state index contributed by atoms with van der Waals surface area (Å²) in [4.78, 5) is 17.4. The first kappa shape index (κ1) is 22.1. The Morgan fingerprint density at radius 3 is 2.50 bits per heavy atom. The second kappa shape index (κ2) is 8.77. The fraction of sp³-hybridized carbons (Fsp3) is 0.160. The third kappa shape index (κ3) is 4.54. The summed E-state index contributed by atoms with van der Waals surface area (Å²) in [6.07, 6.45) is 3.12. The molecule has 0 fully saturated rings. The van der Waals surface area contributed by atoms with Crippen LogP contribution < -0.4 is 5.32 Å². The van der Waals surface area contributed by atoms with Crippen molar-refractivity contribution in [1.82, 2.24) is 14.8 Å². The Balaban J connectivity index is 1.65. The van der Waals surface area contributed by atoms with Gasteiger partial charge in [-0.1, -0.05) is 40.9 Å². The first-order chi connectivity index (χ1) is 15.2. The number of aryl methyl sites for hydroxylation is 4. The number of fused-ring (bicyclic) bond motifs is 1. The van der Waals surface area contributed by atoms with Crippen molar-refractivity contribution in [3.05, 3.63) is 86.5 Å². The Morgan fingerprint density at radius 2 is 1.75 bits per heavy atom. The molecular formula is C25H22Cl2N4O. The standard InChI is InChI=1S/C25H22Cl2N4O/c1-14-9-16(3)25-19(10-14)15(2)11-22(29-25)31-23(12-17(4)30-31)28-24(32)8-6-18-5-7-20(26)21(27)13-18/h5-13H,1-4H3,(H,28,32)/b8-6+. The highest BCUT2D eigenvalue weighted by Crippen LogP contribution is 2.26. The number of aromatic nitrogens is 3. The van der Waals surface area contributed by atoms with Crippen molar-refractivity contribution in [1.29, 1.82) is 0 Å². The summed E-state index contributed by atoms with van der Waals surface area (Å²) in [5.41, 5.74) is 5.87. The number of carbonyl (C=O) groups excluding carboxylic acids is 1. The zero-order valence-corrected chi connectivity index (χ0v) is 19.7. The fourth-order valence-electron chi connectivity index (χ4n) is 3.65. The van der Waals surface area contributed by atoms with E-state index in [1.165, 1.54) is 11.6 Å². The summed E-state index contributed by atoms with van der Waals surface area (Å²) in [6, 6.07) is 13.2. The maximum atomic E-state index is 12.6. The van der Waals surface area contributed by atoms with Gasteiger partial charge in [-0.15, -0.1) is 0 Å². The Hall–Kier alpha value is -3.15. The van der Waals surface area contributed by atoms with Crippen molar-refractivity contribution in [2.45, 2.75) is 27.7 Å². The van der Waals surface area contributed by atoms with Crippen LogP contribution in [0.15, 0.2) is 48.5 Å². The number of amides is 1. The molecule has 4 rings (SSSR count). The average molecular weight is 465 g/mol. The number of halogens is 2. The molecule has 0 bridgehead atoms. The molecule has 2 heterocycles. The summed E-state index contributed by atoms with van der Waals surface area (Å²) in [6.45, 7) is 8.06. The Morgan fingerprint density at radius 1 is 0.969 bits per heavy atom. The fourth-order valence-corrected chi connectivity index (χ4v) is 3.96. The number of rotatable bonds is 4. The van der Waals surface area contributed by atoms with Gasteiger partial charge in [-0.05, 0) is 74.7 Å². The number of carbonyl (C=O) groups is 1. The molecule has 1 N–H and O–H groups in total. The molecule has 0 aliphatic rings. The molecule has 0 unspecified atom stereocenters. The SMILES string of the molecule is Cc1cc(C)c2nc(-n3nc(C)cc3NC(=O)/C=C/c3ccc(Cl)c(Cl)c3)cc(C)c2c1. The Bertz CT molecular complexity index is 1390. The minimum Gasteiger partial charge on any atom is -0.307 e. The van der Waals surface area contributed by atoms with Crippen LogP contribution in [0.5, 0.6) is 0 Å². The lowest BCUT2D eigenvalue weighted by Crippen LogP contribution is -2.13. The first-order valence-electron chi connectivity index (χ1n) is 10.1. The van der Waals surface area contributed by atoms with Crippen molar-refractivity contribution in [2.75, 3.05) is 5.32 Å². The molecule has 2 aromatic heterocycles. The molecule has 1 amide bonds. The van der Waals surface area contributed by atoms with Gasteiger partial charge in [0, 0.05) is 17.5 Å². The predicted octanol–water partition coefficient (Wildman–Crippen LogP) is 6.61. The zero-order valence-electron chi connectivity index (χ0n) is 18.2. The van der Waals surface area contributed by atoms with E-state index in [9.17, 15) is 4.79 Å². The number of anilines is 1. The van der Waals surface area contributed by atoms with Gasteiger partial charge in [-0.25, -0.2) is 4.98 Å². The zero-order chi connectivity index (χ0) is 23.0. The Kier molecular flexibility index (Phi) is 6.04. The highest BCUT2D eigenvalue weighted by atomic mass is 35.5. The minimum absolute atomic E-state index is 0.290. The molecule has 7 heteroatoms. The summed E-state index contributed by atoms with van der Waals surface area (Å²) in [5.74, 6) is 0.905. The topological polar surface area (TPSA) is 59.8 Å². The summed E-state index contributed by atoms with van der Waals surface area (Å²) >= 11 is 12.0. The lowest BCUT2D eigenvalue weighted by molar-refractivity contribution is -0.111. The second-order valence-electron chi connectivity index (χ2n) is 7.85. The normalized spacial score (nSPS) is 11.4. The number of hydrogen-bond acceptors (Lipinski definition) is 3. The molecule has 0 radical (unpaired) electrons. The van der Waals surface area contributed by atoms with Gasteiger partial charge in [0.2, 0.25) is 5.91 Å². The van der Waals surface area contributed by atoms with E-state index in [1.807, 2.05) is 19.1 Å². The van der Waals surface area contributed by atoms with Gasteiger partial charge in [0.25, 0.3) is 0 Å². The van der Waals surface area contributed by atoms with E-state index in [2.05, 4.69) is 43.3 Å². The van der Waals surface area contributed by atoms with Crippen molar-refractivity contribution in [3.63, 3.8) is 0 Å². The highest BCUT2D eigenvalue weighted by Gasteiger charge is 2.14. The van der Waals surface area contributed by atoms with Gasteiger partial charge in [0.15, 0.2) is 5.82 Å². The molecule has 0 aliphatic heterocycles. The number of pyridine rings is 1. The average Bonchev–Trinajstić information content (AvgIpc) is 3.09. The van der Waals surface area contributed by atoms with Gasteiger partial charge in [0.05, 0.1) is 21.3 Å². The number of benzene rings is 2. The van der Waals surface area contributed by atoms with E-state index in [0.717, 1.165) is 33.3 Å². The first-order valence-corrected chi connectivity index (χ1v) is 10.9. The van der Waals surface area contributed by atoms with Crippen LogP contribution in [-0.4, -0.2) is 20.7 Å². The summed E-state index contributed by atoms with van der Waals surface area (Å²) < 4.78 is 1.66. The van der Waals surface area contributed by atoms with Gasteiger partial charge >= 0.3 is 0 Å². The van der Waals surface area contributed by atoms with Crippen molar-refractivity contribution < 1.29 is 4.79 Å².